The summed E-state index contributed by atoms with van der Waals surface area (Å²) in [7, 11) is 0. The number of carbonyl (C=O) groups is 1. The first-order valence-electron chi connectivity index (χ1n) is 15.6. The summed E-state index contributed by atoms with van der Waals surface area (Å²) < 4.78 is 24.6. The molecule has 0 atom stereocenters. The molecule has 0 radical (unpaired) electrons. The van der Waals surface area contributed by atoms with E-state index in [0.29, 0.717) is 23.6 Å². The van der Waals surface area contributed by atoms with Gasteiger partial charge in [-0.15, -0.1) is 0 Å². The highest BCUT2D eigenvalue weighted by Crippen LogP contribution is 2.22. The first-order valence-corrected chi connectivity index (χ1v) is 16.0. The summed E-state index contributed by atoms with van der Waals surface area (Å²) in [5.74, 6) is 0.271. The zero-order valence-corrected chi connectivity index (χ0v) is 25.7. The number of nitrogens with zero attached hydrogens (tertiary/aromatic N) is 1. The van der Waals surface area contributed by atoms with Crippen molar-refractivity contribution in [2.45, 2.75) is 96.8 Å². The second kappa shape index (κ2) is 19.9. The molecule has 0 aromatic heterocycles. The van der Waals surface area contributed by atoms with Crippen LogP contribution in [0.3, 0.4) is 0 Å². The molecule has 0 fully saturated rings. The minimum atomic E-state index is -0.482. The Hall–Kier alpha value is -3.18. The average Bonchev–Trinajstić information content (AvgIpc) is 3.00. The van der Waals surface area contributed by atoms with Gasteiger partial charge in [-0.3, -0.25) is 4.99 Å². The van der Waals surface area contributed by atoms with E-state index in [0.717, 1.165) is 17.7 Å². The third-order valence-electron chi connectivity index (χ3n) is 7.21. The van der Waals surface area contributed by atoms with Gasteiger partial charge in [-0.1, -0.05) is 102 Å². The molecular formula is C36H45ClFNO3. The third-order valence-corrected chi connectivity index (χ3v) is 7.50. The quantitative estimate of drug-likeness (QED) is 0.0566. The Morgan fingerprint density at radius 1 is 0.738 bits per heavy atom. The maximum Gasteiger partial charge on any atom is 0.343 e. The molecule has 0 aliphatic heterocycles. The third kappa shape index (κ3) is 13.2. The fourth-order valence-corrected chi connectivity index (χ4v) is 4.85. The monoisotopic (exact) mass is 593 g/mol. The van der Waals surface area contributed by atoms with Crippen LogP contribution in [0.25, 0.3) is 0 Å². The first kappa shape index (κ1) is 33.3. The number of aliphatic imine (C=N–C) groups is 1. The van der Waals surface area contributed by atoms with E-state index in [1.807, 2.05) is 12.1 Å². The molecule has 3 aromatic rings. The highest BCUT2D eigenvalue weighted by molar-refractivity contribution is 6.31. The van der Waals surface area contributed by atoms with E-state index >= 15 is 0 Å². The van der Waals surface area contributed by atoms with Crippen molar-refractivity contribution in [1.82, 2.24) is 0 Å². The van der Waals surface area contributed by atoms with Gasteiger partial charge in [0, 0.05) is 6.21 Å². The number of benzene rings is 3. The summed E-state index contributed by atoms with van der Waals surface area (Å²) in [5.41, 5.74) is 1.80. The molecule has 6 heteroatoms. The van der Waals surface area contributed by atoms with Crippen LogP contribution >= 0.6 is 11.6 Å². The van der Waals surface area contributed by atoms with Gasteiger partial charge in [-0.05, 0) is 78.7 Å². The Labute approximate surface area is 256 Å². The molecule has 0 N–H and O–H groups in total. The van der Waals surface area contributed by atoms with Gasteiger partial charge in [0.2, 0.25) is 0 Å². The van der Waals surface area contributed by atoms with Crippen LogP contribution in [0.2, 0.25) is 5.02 Å². The maximum absolute atomic E-state index is 13.3. The number of carbonyl (C=O) groups excluding carboxylic acids is 1. The molecule has 3 rings (SSSR count). The molecule has 0 bridgehead atoms. The summed E-state index contributed by atoms with van der Waals surface area (Å²) in [6.45, 7) is 2.96. The van der Waals surface area contributed by atoms with Crippen LogP contribution in [0.5, 0.6) is 11.5 Å². The van der Waals surface area contributed by atoms with E-state index in [2.05, 4.69) is 11.9 Å². The van der Waals surface area contributed by atoms with E-state index in [4.69, 9.17) is 21.1 Å². The van der Waals surface area contributed by atoms with Crippen molar-refractivity contribution in [3.8, 4) is 11.5 Å². The largest absolute Gasteiger partial charge is 0.494 e. The van der Waals surface area contributed by atoms with Crippen molar-refractivity contribution in [3.05, 3.63) is 88.7 Å². The molecule has 0 aliphatic rings. The molecule has 0 spiro atoms. The zero-order chi connectivity index (χ0) is 29.8. The summed E-state index contributed by atoms with van der Waals surface area (Å²) in [6.07, 6.45) is 20.3. The average molecular weight is 594 g/mol. The van der Waals surface area contributed by atoms with E-state index in [-0.39, 0.29) is 5.02 Å². The van der Waals surface area contributed by atoms with Crippen LogP contribution in [-0.2, 0) is 0 Å². The number of ether oxygens (including phenoxy) is 2. The second-order valence-corrected chi connectivity index (χ2v) is 11.2. The molecule has 42 heavy (non-hydrogen) atoms. The van der Waals surface area contributed by atoms with Crippen LogP contribution in [-0.4, -0.2) is 18.8 Å². The highest BCUT2D eigenvalue weighted by atomic mass is 35.5. The Morgan fingerprint density at radius 3 is 1.86 bits per heavy atom. The Balaban J connectivity index is 1.25. The normalized spacial score (nSPS) is 11.2. The summed E-state index contributed by atoms with van der Waals surface area (Å²) in [6, 6.07) is 18.3. The van der Waals surface area contributed by atoms with E-state index in [9.17, 15) is 9.18 Å². The lowest BCUT2D eigenvalue weighted by molar-refractivity contribution is 0.0734. The SMILES string of the molecule is CCCCCCCCCCCCCCCCOc1ccc(C(=O)Oc2ccc(C=Nc3ccc(F)c(Cl)c3)cc2)cc1. The summed E-state index contributed by atoms with van der Waals surface area (Å²) in [4.78, 5) is 16.8. The number of halogens is 2. The molecule has 0 unspecified atom stereocenters. The molecule has 0 aliphatic carbocycles. The number of esters is 1. The van der Waals surface area contributed by atoms with Crippen LogP contribution in [0.4, 0.5) is 10.1 Å². The lowest BCUT2D eigenvalue weighted by Gasteiger charge is -2.08. The van der Waals surface area contributed by atoms with Crippen LogP contribution in [0, 0.1) is 5.82 Å². The van der Waals surface area contributed by atoms with Crippen molar-refractivity contribution in [2.24, 2.45) is 4.99 Å². The molecule has 0 saturated heterocycles. The van der Waals surface area contributed by atoms with Gasteiger partial charge in [-0.2, -0.15) is 0 Å². The maximum atomic E-state index is 13.3. The molecule has 4 nitrogen and oxygen atoms in total. The van der Waals surface area contributed by atoms with Crippen molar-refractivity contribution < 1.29 is 18.7 Å². The predicted octanol–water partition coefficient (Wildman–Crippen LogP) is 11.3. The number of hydrogen-bond acceptors (Lipinski definition) is 4. The second-order valence-electron chi connectivity index (χ2n) is 10.8. The topological polar surface area (TPSA) is 47.9 Å². The molecule has 0 amide bonds. The van der Waals surface area contributed by atoms with E-state index in [1.54, 1.807) is 48.7 Å². The number of rotatable bonds is 20. The van der Waals surface area contributed by atoms with Crippen LogP contribution in [0.15, 0.2) is 71.7 Å². The summed E-state index contributed by atoms with van der Waals surface area (Å²) in [5, 5.41) is 0.0246. The predicted molar refractivity (Wildman–Crippen MR) is 172 cm³/mol. The van der Waals surface area contributed by atoms with Gasteiger partial charge in [0.05, 0.1) is 22.9 Å². The highest BCUT2D eigenvalue weighted by Gasteiger charge is 2.09. The summed E-state index contributed by atoms with van der Waals surface area (Å²) >= 11 is 5.79. The van der Waals surface area contributed by atoms with Gasteiger partial charge in [0.15, 0.2) is 0 Å². The van der Waals surface area contributed by atoms with Crippen molar-refractivity contribution >= 4 is 29.5 Å². The van der Waals surface area contributed by atoms with Crippen LogP contribution in [0.1, 0.15) is 113 Å². The van der Waals surface area contributed by atoms with Gasteiger partial charge >= 0.3 is 5.97 Å². The molecule has 3 aromatic carbocycles. The van der Waals surface area contributed by atoms with Gasteiger partial charge in [-0.25, -0.2) is 9.18 Å². The fraction of sp³-hybridized carbons (Fsp3) is 0.444. The van der Waals surface area contributed by atoms with Crippen LogP contribution < -0.4 is 9.47 Å². The van der Waals surface area contributed by atoms with E-state index in [1.165, 1.54) is 95.6 Å². The fourth-order valence-electron chi connectivity index (χ4n) is 4.68. The van der Waals surface area contributed by atoms with Gasteiger partial charge in [0.25, 0.3) is 0 Å². The van der Waals surface area contributed by atoms with E-state index < -0.39 is 11.8 Å². The molecule has 0 heterocycles. The lowest BCUT2D eigenvalue weighted by Crippen LogP contribution is -2.08. The van der Waals surface area contributed by atoms with Gasteiger partial charge in [0.1, 0.15) is 17.3 Å². The number of unbranched alkanes of at least 4 members (excludes halogenated alkanes) is 13. The van der Waals surface area contributed by atoms with Gasteiger partial charge < -0.3 is 9.47 Å². The first-order chi connectivity index (χ1) is 20.5. The smallest absolute Gasteiger partial charge is 0.343 e. The zero-order valence-electron chi connectivity index (χ0n) is 25.0. The Bertz CT molecular complexity index is 1210. The minimum Gasteiger partial charge on any atom is -0.494 e. The molecule has 226 valence electrons. The molecule has 0 saturated carbocycles. The Morgan fingerprint density at radius 2 is 1.29 bits per heavy atom. The van der Waals surface area contributed by atoms with Crippen molar-refractivity contribution in [3.63, 3.8) is 0 Å². The van der Waals surface area contributed by atoms with Crippen molar-refractivity contribution in [1.29, 1.82) is 0 Å². The number of hydrogen-bond donors (Lipinski definition) is 0. The van der Waals surface area contributed by atoms with Crippen molar-refractivity contribution in [2.75, 3.05) is 6.61 Å². The minimum absolute atomic E-state index is 0.0246. The standard InChI is InChI=1S/C36H45ClFNO3/c1-2-3-4-5-6-7-8-9-10-11-12-13-14-15-26-41-32-23-18-30(19-24-32)36(40)42-33-21-16-29(17-22-33)28-39-31-20-25-35(38)34(37)27-31/h16-25,27-28H,2-15,26H2,1H3. The molecular weight excluding hydrogens is 549 g/mol. The Kier molecular flexibility index (Phi) is 15.8. The lowest BCUT2D eigenvalue weighted by atomic mass is 10.0.